The van der Waals surface area contributed by atoms with Gasteiger partial charge >= 0.3 is 0 Å². The molecule has 2 heterocycles. The lowest BCUT2D eigenvalue weighted by Crippen LogP contribution is -2.40. The van der Waals surface area contributed by atoms with Crippen LogP contribution in [0.4, 0.5) is 0 Å². The van der Waals surface area contributed by atoms with Gasteiger partial charge in [-0.1, -0.05) is 35.9 Å². The number of rotatable bonds is 3. The standard InChI is InChI=1S/C19H18ClN3O3S/c20-17-8-4-7-16-18(17)21-13-23(19(16)24)14-9-11-22(12-10-14)27(25,26)15-5-2-1-3-6-15/h1-8,13-14H,9-12H2. The molecule has 3 aromatic rings. The smallest absolute Gasteiger partial charge is 0.261 e. The first-order valence-corrected chi connectivity index (χ1v) is 10.5. The second-order valence-electron chi connectivity index (χ2n) is 6.54. The normalized spacial score (nSPS) is 16.6. The summed E-state index contributed by atoms with van der Waals surface area (Å²) in [5.41, 5.74) is 0.344. The summed E-state index contributed by atoms with van der Waals surface area (Å²) in [6.07, 6.45) is 2.63. The molecule has 0 amide bonds. The van der Waals surface area contributed by atoms with Gasteiger partial charge < -0.3 is 0 Å². The first kappa shape index (κ1) is 18.2. The van der Waals surface area contributed by atoms with E-state index in [0.717, 1.165) is 0 Å². The number of sulfonamides is 1. The molecule has 0 saturated carbocycles. The van der Waals surface area contributed by atoms with Gasteiger partial charge in [0.2, 0.25) is 10.0 Å². The average Bonchev–Trinajstić information content (AvgIpc) is 2.70. The molecule has 1 fully saturated rings. The highest BCUT2D eigenvalue weighted by atomic mass is 35.5. The van der Waals surface area contributed by atoms with E-state index >= 15 is 0 Å². The molecule has 0 spiro atoms. The number of para-hydroxylation sites is 1. The number of benzene rings is 2. The lowest BCUT2D eigenvalue weighted by atomic mass is 10.1. The zero-order valence-corrected chi connectivity index (χ0v) is 16.0. The third-order valence-electron chi connectivity index (χ3n) is 4.96. The fourth-order valence-corrected chi connectivity index (χ4v) is 5.21. The van der Waals surface area contributed by atoms with Gasteiger partial charge in [0, 0.05) is 19.1 Å². The molecule has 0 bridgehead atoms. The Morgan fingerprint density at radius 1 is 1.00 bits per heavy atom. The topological polar surface area (TPSA) is 72.3 Å². The van der Waals surface area contributed by atoms with Crippen LogP contribution >= 0.6 is 11.6 Å². The van der Waals surface area contributed by atoms with E-state index in [-0.39, 0.29) is 11.6 Å². The molecular formula is C19H18ClN3O3S. The monoisotopic (exact) mass is 403 g/mol. The van der Waals surface area contributed by atoms with E-state index < -0.39 is 10.0 Å². The van der Waals surface area contributed by atoms with Gasteiger partial charge in [0.05, 0.1) is 27.1 Å². The zero-order valence-electron chi connectivity index (χ0n) is 14.5. The van der Waals surface area contributed by atoms with Crippen LogP contribution in [-0.2, 0) is 10.0 Å². The number of hydrogen-bond donors (Lipinski definition) is 0. The summed E-state index contributed by atoms with van der Waals surface area (Å²) in [6.45, 7) is 0.726. The number of fused-ring (bicyclic) bond motifs is 1. The Morgan fingerprint density at radius 2 is 1.70 bits per heavy atom. The molecule has 4 rings (SSSR count). The second-order valence-corrected chi connectivity index (χ2v) is 8.89. The molecule has 1 aliphatic rings. The average molecular weight is 404 g/mol. The molecule has 6 nitrogen and oxygen atoms in total. The van der Waals surface area contributed by atoms with E-state index in [1.165, 1.54) is 10.6 Å². The number of piperidine rings is 1. The summed E-state index contributed by atoms with van der Waals surface area (Å²) >= 11 is 6.11. The SMILES string of the molecule is O=c1c2cccc(Cl)c2ncn1C1CCN(S(=O)(=O)c2ccccc2)CC1. The predicted octanol–water partition coefficient (Wildman–Crippen LogP) is 3.08. The van der Waals surface area contributed by atoms with Gasteiger partial charge in [0.1, 0.15) is 0 Å². The molecule has 0 atom stereocenters. The maximum Gasteiger partial charge on any atom is 0.261 e. The van der Waals surface area contributed by atoms with E-state index in [4.69, 9.17) is 11.6 Å². The van der Waals surface area contributed by atoms with Crippen LogP contribution in [0.2, 0.25) is 5.02 Å². The van der Waals surface area contributed by atoms with Crippen molar-refractivity contribution in [1.82, 2.24) is 13.9 Å². The molecule has 140 valence electrons. The van der Waals surface area contributed by atoms with Crippen LogP contribution in [-0.4, -0.2) is 35.4 Å². The Hall–Kier alpha value is -2.22. The summed E-state index contributed by atoms with van der Waals surface area (Å²) in [4.78, 5) is 17.4. The van der Waals surface area contributed by atoms with Crippen LogP contribution in [0.1, 0.15) is 18.9 Å². The van der Waals surface area contributed by atoms with Crippen molar-refractivity contribution in [3.63, 3.8) is 0 Å². The fraction of sp³-hybridized carbons (Fsp3) is 0.263. The molecule has 0 aliphatic carbocycles. The Balaban J connectivity index is 1.57. The van der Waals surface area contributed by atoms with E-state index in [9.17, 15) is 13.2 Å². The number of hydrogen-bond acceptors (Lipinski definition) is 4. The first-order valence-electron chi connectivity index (χ1n) is 8.69. The summed E-state index contributed by atoms with van der Waals surface area (Å²) < 4.78 is 28.6. The Bertz CT molecular complexity index is 1140. The van der Waals surface area contributed by atoms with Crippen LogP contribution in [0.3, 0.4) is 0 Å². The Labute approximate surface area is 162 Å². The van der Waals surface area contributed by atoms with E-state index in [2.05, 4.69) is 4.98 Å². The van der Waals surface area contributed by atoms with Crippen molar-refractivity contribution in [2.75, 3.05) is 13.1 Å². The van der Waals surface area contributed by atoms with Gasteiger partial charge in [-0.15, -0.1) is 0 Å². The molecule has 0 radical (unpaired) electrons. The lowest BCUT2D eigenvalue weighted by Gasteiger charge is -2.32. The van der Waals surface area contributed by atoms with Gasteiger partial charge in [-0.05, 0) is 37.1 Å². The minimum Gasteiger partial charge on any atom is -0.296 e. The third-order valence-corrected chi connectivity index (χ3v) is 7.18. The molecule has 1 aromatic heterocycles. The third kappa shape index (κ3) is 3.26. The van der Waals surface area contributed by atoms with Crippen LogP contribution in [0.25, 0.3) is 10.9 Å². The number of nitrogens with zero attached hydrogens (tertiary/aromatic N) is 3. The predicted molar refractivity (Wildman–Crippen MR) is 104 cm³/mol. The minimum atomic E-state index is -3.51. The maximum atomic E-state index is 12.8. The summed E-state index contributed by atoms with van der Waals surface area (Å²) in [6, 6.07) is 13.5. The van der Waals surface area contributed by atoms with Crippen LogP contribution in [0.15, 0.2) is 64.5 Å². The van der Waals surface area contributed by atoms with Crippen LogP contribution in [0.5, 0.6) is 0 Å². The van der Waals surface area contributed by atoms with E-state index in [1.54, 1.807) is 53.1 Å². The van der Waals surface area contributed by atoms with E-state index in [0.29, 0.717) is 46.8 Å². The molecule has 8 heteroatoms. The van der Waals surface area contributed by atoms with Crippen molar-refractivity contribution in [1.29, 1.82) is 0 Å². The lowest BCUT2D eigenvalue weighted by molar-refractivity contribution is 0.269. The zero-order chi connectivity index (χ0) is 19.0. The van der Waals surface area contributed by atoms with Gasteiger partial charge in [0.15, 0.2) is 0 Å². The Morgan fingerprint density at radius 3 is 2.41 bits per heavy atom. The molecule has 0 N–H and O–H groups in total. The molecular weight excluding hydrogens is 386 g/mol. The van der Waals surface area contributed by atoms with Gasteiger partial charge in [0.25, 0.3) is 5.56 Å². The van der Waals surface area contributed by atoms with Gasteiger partial charge in [-0.3, -0.25) is 9.36 Å². The van der Waals surface area contributed by atoms with Crippen LogP contribution in [0, 0.1) is 0 Å². The van der Waals surface area contributed by atoms with Crippen molar-refractivity contribution in [3.8, 4) is 0 Å². The van der Waals surface area contributed by atoms with E-state index in [1.807, 2.05) is 0 Å². The first-order chi connectivity index (χ1) is 13.0. The highest BCUT2D eigenvalue weighted by Gasteiger charge is 2.30. The van der Waals surface area contributed by atoms with Crippen molar-refractivity contribution >= 4 is 32.5 Å². The summed E-state index contributed by atoms with van der Waals surface area (Å²) in [5.74, 6) is 0. The quantitative estimate of drug-likeness (QED) is 0.673. The molecule has 2 aromatic carbocycles. The number of halogens is 1. The largest absolute Gasteiger partial charge is 0.296 e. The van der Waals surface area contributed by atoms with Crippen molar-refractivity contribution in [2.45, 2.75) is 23.8 Å². The second kappa shape index (κ2) is 7.07. The van der Waals surface area contributed by atoms with Crippen molar-refractivity contribution in [3.05, 3.63) is 70.2 Å². The molecule has 1 aliphatic heterocycles. The summed E-state index contributed by atoms with van der Waals surface area (Å²) in [5, 5.41) is 0.921. The van der Waals surface area contributed by atoms with Gasteiger partial charge in [-0.25, -0.2) is 13.4 Å². The Kier molecular flexibility index (Phi) is 4.75. The highest BCUT2D eigenvalue weighted by molar-refractivity contribution is 7.89. The van der Waals surface area contributed by atoms with Gasteiger partial charge in [-0.2, -0.15) is 4.31 Å². The molecule has 27 heavy (non-hydrogen) atoms. The molecule has 0 unspecified atom stereocenters. The van der Waals surface area contributed by atoms with Crippen molar-refractivity contribution in [2.24, 2.45) is 0 Å². The molecule has 1 saturated heterocycles. The summed E-state index contributed by atoms with van der Waals surface area (Å²) in [7, 11) is -3.51. The maximum absolute atomic E-state index is 12.8. The van der Waals surface area contributed by atoms with Crippen molar-refractivity contribution < 1.29 is 8.42 Å². The number of aromatic nitrogens is 2. The fourth-order valence-electron chi connectivity index (χ4n) is 3.49. The highest BCUT2D eigenvalue weighted by Crippen LogP contribution is 2.27. The minimum absolute atomic E-state index is 0.0874. The van der Waals surface area contributed by atoms with Crippen LogP contribution < -0.4 is 5.56 Å².